The van der Waals surface area contributed by atoms with Gasteiger partial charge in [-0.05, 0) is 51.8 Å². The van der Waals surface area contributed by atoms with Gasteiger partial charge in [0.05, 0.1) is 32.5 Å². The van der Waals surface area contributed by atoms with Crippen molar-refractivity contribution < 1.29 is 38.0 Å². The Balaban J connectivity index is 1.54. The Kier molecular flexibility index (Phi) is 8.14. The van der Waals surface area contributed by atoms with E-state index in [9.17, 15) is 9.59 Å². The SMILES string of the molecule is CCOC(=O)C(Cc1ccc(OCC(C)C2OC[C@H]3OC(C)(C)O[C@@H]23)cc1)C(=O)OCC. The highest BCUT2D eigenvalue weighted by atomic mass is 16.8. The number of carbonyl (C=O) groups excluding carboxylic acids is 2. The molecule has 4 atom stereocenters. The Labute approximate surface area is 189 Å². The molecule has 0 bridgehead atoms. The van der Waals surface area contributed by atoms with Gasteiger partial charge in [0.25, 0.3) is 0 Å². The van der Waals surface area contributed by atoms with Crippen LogP contribution in [-0.4, -0.2) is 62.5 Å². The number of hydrogen-bond acceptors (Lipinski definition) is 8. The summed E-state index contributed by atoms with van der Waals surface area (Å²) in [5.74, 6) is -1.90. The molecule has 1 aromatic carbocycles. The number of rotatable bonds is 10. The number of benzene rings is 1. The molecule has 0 aromatic heterocycles. The maximum atomic E-state index is 12.2. The Morgan fingerprint density at radius 3 is 2.28 bits per heavy atom. The zero-order chi connectivity index (χ0) is 23.3. The van der Waals surface area contributed by atoms with E-state index in [1.54, 1.807) is 13.8 Å². The minimum atomic E-state index is -0.980. The lowest BCUT2D eigenvalue weighted by Gasteiger charge is -2.25. The highest BCUT2D eigenvalue weighted by Gasteiger charge is 2.51. The summed E-state index contributed by atoms with van der Waals surface area (Å²) in [7, 11) is 0. The van der Waals surface area contributed by atoms with E-state index in [2.05, 4.69) is 6.92 Å². The van der Waals surface area contributed by atoms with Crippen molar-refractivity contribution in [2.75, 3.05) is 26.4 Å². The van der Waals surface area contributed by atoms with Gasteiger partial charge in [-0.3, -0.25) is 9.59 Å². The first kappa shape index (κ1) is 24.5. The summed E-state index contributed by atoms with van der Waals surface area (Å²) in [5.41, 5.74) is 0.817. The van der Waals surface area contributed by atoms with Gasteiger partial charge in [0.2, 0.25) is 0 Å². The summed E-state index contributed by atoms with van der Waals surface area (Å²) in [6, 6.07) is 7.33. The lowest BCUT2D eigenvalue weighted by atomic mass is 9.99. The fourth-order valence-corrected chi connectivity index (χ4v) is 4.09. The minimum absolute atomic E-state index is 0.0384. The molecule has 8 heteroatoms. The molecule has 2 aliphatic rings. The summed E-state index contributed by atoms with van der Waals surface area (Å²) in [6.07, 6.45) is -0.00594. The van der Waals surface area contributed by atoms with Crippen molar-refractivity contribution in [3.8, 4) is 5.75 Å². The average molecular weight is 451 g/mol. The van der Waals surface area contributed by atoms with Gasteiger partial charge in [-0.25, -0.2) is 0 Å². The van der Waals surface area contributed by atoms with Crippen LogP contribution in [0.15, 0.2) is 24.3 Å². The fraction of sp³-hybridized carbons (Fsp3) is 0.667. The van der Waals surface area contributed by atoms with Gasteiger partial charge < -0.3 is 28.4 Å². The first-order chi connectivity index (χ1) is 15.2. The first-order valence-corrected chi connectivity index (χ1v) is 11.3. The summed E-state index contributed by atoms with van der Waals surface area (Å²) < 4.78 is 33.8. The number of esters is 2. The monoisotopic (exact) mass is 450 g/mol. The molecule has 32 heavy (non-hydrogen) atoms. The smallest absolute Gasteiger partial charge is 0.320 e. The average Bonchev–Trinajstić information content (AvgIpc) is 3.26. The van der Waals surface area contributed by atoms with Gasteiger partial charge in [0.1, 0.15) is 18.0 Å². The Morgan fingerprint density at radius 2 is 1.69 bits per heavy atom. The van der Waals surface area contributed by atoms with Crippen LogP contribution in [0.2, 0.25) is 0 Å². The van der Waals surface area contributed by atoms with Crippen molar-refractivity contribution >= 4 is 11.9 Å². The molecular formula is C24H34O8. The summed E-state index contributed by atoms with van der Waals surface area (Å²) in [5, 5.41) is 0. The van der Waals surface area contributed by atoms with Crippen molar-refractivity contribution in [2.24, 2.45) is 11.8 Å². The summed E-state index contributed by atoms with van der Waals surface area (Å²) >= 11 is 0. The van der Waals surface area contributed by atoms with Gasteiger partial charge >= 0.3 is 11.9 Å². The van der Waals surface area contributed by atoms with Crippen LogP contribution in [0, 0.1) is 11.8 Å². The lowest BCUT2D eigenvalue weighted by molar-refractivity contribution is -0.180. The molecule has 0 radical (unpaired) electrons. The Bertz CT molecular complexity index is 757. The predicted octanol–water partition coefficient (Wildman–Crippen LogP) is 2.91. The van der Waals surface area contributed by atoms with E-state index in [0.29, 0.717) is 19.0 Å². The van der Waals surface area contributed by atoms with Crippen molar-refractivity contribution in [1.82, 2.24) is 0 Å². The zero-order valence-electron chi connectivity index (χ0n) is 19.5. The van der Waals surface area contributed by atoms with E-state index in [-0.39, 0.29) is 43.9 Å². The van der Waals surface area contributed by atoms with Crippen LogP contribution in [0.25, 0.3) is 0 Å². The van der Waals surface area contributed by atoms with Crippen LogP contribution in [0.3, 0.4) is 0 Å². The second kappa shape index (κ2) is 10.6. The third kappa shape index (κ3) is 5.99. The molecular weight excluding hydrogens is 416 g/mol. The molecule has 2 aliphatic heterocycles. The highest BCUT2D eigenvalue weighted by Crippen LogP contribution is 2.37. The largest absolute Gasteiger partial charge is 0.493 e. The quantitative estimate of drug-likeness (QED) is 0.397. The molecule has 2 fully saturated rings. The predicted molar refractivity (Wildman–Crippen MR) is 115 cm³/mol. The summed E-state index contributed by atoms with van der Waals surface area (Å²) in [4.78, 5) is 24.3. The second-order valence-electron chi connectivity index (χ2n) is 8.63. The van der Waals surface area contributed by atoms with Gasteiger partial charge in [-0.15, -0.1) is 0 Å². The number of hydrogen-bond donors (Lipinski definition) is 0. The van der Waals surface area contributed by atoms with Crippen LogP contribution in [-0.2, 0) is 39.7 Å². The Hall–Kier alpha value is -2.16. The maximum absolute atomic E-state index is 12.2. The molecule has 8 nitrogen and oxygen atoms in total. The van der Waals surface area contributed by atoms with Gasteiger partial charge in [-0.1, -0.05) is 19.1 Å². The molecule has 2 unspecified atom stereocenters. The number of carbonyl (C=O) groups is 2. The molecule has 0 amide bonds. The van der Waals surface area contributed by atoms with E-state index in [1.807, 2.05) is 38.1 Å². The van der Waals surface area contributed by atoms with Gasteiger partial charge in [0.15, 0.2) is 11.7 Å². The molecule has 178 valence electrons. The normalized spacial score (nSPS) is 24.8. The number of fused-ring (bicyclic) bond motifs is 1. The zero-order valence-corrected chi connectivity index (χ0v) is 19.5. The maximum Gasteiger partial charge on any atom is 0.320 e. The van der Waals surface area contributed by atoms with Crippen LogP contribution in [0.5, 0.6) is 5.75 Å². The molecule has 1 aromatic rings. The molecule has 0 N–H and O–H groups in total. The molecule has 3 rings (SSSR count). The standard InChI is InChI=1S/C24H34O8/c1-6-27-22(25)18(23(26)28-7-2)12-16-8-10-17(11-9-16)29-13-15(3)20-21-19(14-30-20)31-24(4,5)32-21/h8-11,15,18-21H,6-7,12-14H2,1-5H3/t15?,19-,20?,21-/m1/s1. The first-order valence-electron chi connectivity index (χ1n) is 11.3. The third-order valence-electron chi connectivity index (χ3n) is 5.58. The molecule has 0 spiro atoms. The molecule has 2 heterocycles. The number of ether oxygens (including phenoxy) is 6. The molecule has 2 saturated heterocycles. The van der Waals surface area contributed by atoms with E-state index >= 15 is 0 Å². The van der Waals surface area contributed by atoms with Crippen molar-refractivity contribution in [3.05, 3.63) is 29.8 Å². The van der Waals surface area contributed by atoms with Gasteiger partial charge in [-0.2, -0.15) is 0 Å². The fourth-order valence-electron chi connectivity index (χ4n) is 4.09. The molecule has 0 aliphatic carbocycles. The summed E-state index contributed by atoms with van der Waals surface area (Å²) in [6.45, 7) is 10.7. The van der Waals surface area contributed by atoms with E-state index in [4.69, 9.17) is 28.4 Å². The van der Waals surface area contributed by atoms with Crippen LogP contribution in [0.1, 0.15) is 40.2 Å². The van der Waals surface area contributed by atoms with Crippen molar-refractivity contribution in [1.29, 1.82) is 0 Å². The minimum Gasteiger partial charge on any atom is -0.493 e. The second-order valence-corrected chi connectivity index (χ2v) is 8.63. The van der Waals surface area contributed by atoms with Crippen molar-refractivity contribution in [3.63, 3.8) is 0 Å². The highest BCUT2D eigenvalue weighted by molar-refractivity contribution is 5.95. The molecule has 0 saturated carbocycles. The van der Waals surface area contributed by atoms with Crippen molar-refractivity contribution in [2.45, 2.75) is 65.1 Å². The van der Waals surface area contributed by atoms with Gasteiger partial charge in [0, 0.05) is 5.92 Å². The third-order valence-corrected chi connectivity index (χ3v) is 5.58. The topological polar surface area (TPSA) is 89.5 Å². The lowest BCUT2D eigenvalue weighted by Crippen LogP contribution is -2.36. The van der Waals surface area contributed by atoms with Crippen LogP contribution < -0.4 is 4.74 Å². The van der Waals surface area contributed by atoms with E-state index in [0.717, 1.165) is 5.56 Å². The van der Waals surface area contributed by atoms with Crippen LogP contribution >= 0.6 is 0 Å². The van der Waals surface area contributed by atoms with E-state index < -0.39 is 23.6 Å². The van der Waals surface area contributed by atoms with E-state index in [1.165, 1.54) is 0 Å². The van der Waals surface area contributed by atoms with Crippen LogP contribution in [0.4, 0.5) is 0 Å². The Morgan fingerprint density at radius 1 is 1.06 bits per heavy atom.